The van der Waals surface area contributed by atoms with E-state index in [1.807, 2.05) is 25.1 Å². The van der Waals surface area contributed by atoms with E-state index in [1.165, 1.54) is 6.07 Å². The van der Waals surface area contributed by atoms with E-state index >= 15 is 0 Å². The lowest BCUT2D eigenvalue weighted by molar-refractivity contribution is -0.137. The molecule has 0 saturated carbocycles. The zero-order chi connectivity index (χ0) is 15.6. The first-order chi connectivity index (χ1) is 9.79. The minimum Gasteiger partial charge on any atom is -0.378 e. The molecule has 0 fully saturated rings. The Bertz CT molecular complexity index is 638. The van der Waals surface area contributed by atoms with Gasteiger partial charge in [-0.05, 0) is 43.2 Å². The highest BCUT2D eigenvalue weighted by molar-refractivity contribution is 6.31. The minimum atomic E-state index is -4.35. The molecule has 0 aliphatic heterocycles. The summed E-state index contributed by atoms with van der Waals surface area (Å²) >= 11 is 6.11. The normalized spacial score (nSPS) is 13.0. The summed E-state index contributed by atoms with van der Waals surface area (Å²) in [5.41, 5.74) is 1.39. The Labute approximate surface area is 126 Å². The van der Waals surface area contributed by atoms with Gasteiger partial charge in [-0.25, -0.2) is 0 Å². The van der Waals surface area contributed by atoms with Gasteiger partial charge in [-0.1, -0.05) is 35.9 Å². The SMILES string of the molecule is Cc1ccc(C(F)(F)F)cc1NC(C)c1ccccc1Cl. The number of aryl methyl sites for hydroxylation is 1. The Morgan fingerprint density at radius 1 is 1.10 bits per heavy atom. The van der Waals surface area contributed by atoms with Crippen molar-refractivity contribution in [2.24, 2.45) is 0 Å². The maximum Gasteiger partial charge on any atom is 0.416 e. The van der Waals surface area contributed by atoms with Gasteiger partial charge in [0.05, 0.1) is 5.56 Å². The van der Waals surface area contributed by atoms with Crippen LogP contribution in [-0.4, -0.2) is 0 Å². The van der Waals surface area contributed by atoms with Gasteiger partial charge in [0.25, 0.3) is 0 Å². The molecule has 0 spiro atoms. The van der Waals surface area contributed by atoms with E-state index < -0.39 is 11.7 Å². The van der Waals surface area contributed by atoms with Gasteiger partial charge in [0.1, 0.15) is 0 Å². The van der Waals surface area contributed by atoms with E-state index in [1.54, 1.807) is 13.0 Å². The molecule has 0 aliphatic carbocycles. The molecule has 1 unspecified atom stereocenters. The summed E-state index contributed by atoms with van der Waals surface area (Å²) < 4.78 is 38.3. The van der Waals surface area contributed by atoms with Crippen LogP contribution in [0.1, 0.15) is 29.7 Å². The molecule has 2 aromatic carbocycles. The van der Waals surface area contributed by atoms with Crippen LogP contribution in [0, 0.1) is 6.92 Å². The standard InChI is InChI=1S/C16H15ClF3N/c1-10-7-8-12(16(18,19)20)9-15(10)21-11(2)13-5-3-4-6-14(13)17/h3-9,11,21H,1-2H3. The van der Waals surface area contributed by atoms with Crippen LogP contribution in [0.3, 0.4) is 0 Å². The van der Waals surface area contributed by atoms with Crippen LogP contribution in [0.2, 0.25) is 5.02 Å². The lowest BCUT2D eigenvalue weighted by atomic mass is 10.1. The number of alkyl halides is 3. The van der Waals surface area contributed by atoms with Crippen LogP contribution >= 0.6 is 11.6 Å². The smallest absolute Gasteiger partial charge is 0.378 e. The van der Waals surface area contributed by atoms with E-state index in [2.05, 4.69) is 5.32 Å². The second-order valence-electron chi connectivity index (χ2n) is 4.91. The maximum atomic E-state index is 12.8. The van der Waals surface area contributed by atoms with Gasteiger partial charge in [-0.3, -0.25) is 0 Å². The molecule has 0 amide bonds. The molecule has 0 radical (unpaired) electrons. The number of anilines is 1. The summed E-state index contributed by atoms with van der Waals surface area (Å²) in [6.07, 6.45) is -4.35. The van der Waals surface area contributed by atoms with Crippen molar-refractivity contribution < 1.29 is 13.2 Å². The lowest BCUT2D eigenvalue weighted by Gasteiger charge is -2.19. The number of benzene rings is 2. The predicted octanol–water partition coefficient (Wildman–Crippen LogP) is 5.84. The van der Waals surface area contributed by atoms with E-state index in [-0.39, 0.29) is 6.04 Å². The molecule has 1 nitrogen and oxygen atoms in total. The molecular weight excluding hydrogens is 299 g/mol. The summed E-state index contributed by atoms with van der Waals surface area (Å²) in [7, 11) is 0. The van der Waals surface area contributed by atoms with Gasteiger partial charge in [-0.15, -0.1) is 0 Å². The summed E-state index contributed by atoms with van der Waals surface area (Å²) in [5, 5.41) is 3.68. The zero-order valence-electron chi connectivity index (χ0n) is 11.6. The fourth-order valence-corrected chi connectivity index (χ4v) is 2.39. The van der Waals surface area contributed by atoms with E-state index in [9.17, 15) is 13.2 Å². The molecule has 2 rings (SSSR count). The molecule has 0 heterocycles. The van der Waals surface area contributed by atoms with Crippen molar-refractivity contribution in [3.63, 3.8) is 0 Å². The van der Waals surface area contributed by atoms with Crippen molar-refractivity contribution in [2.45, 2.75) is 26.1 Å². The molecule has 0 bridgehead atoms. The van der Waals surface area contributed by atoms with Crippen LogP contribution in [0.5, 0.6) is 0 Å². The fraction of sp³-hybridized carbons (Fsp3) is 0.250. The van der Waals surface area contributed by atoms with E-state index in [0.29, 0.717) is 10.7 Å². The van der Waals surface area contributed by atoms with Crippen molar-refractivity contribution >= 4 is 17.3 Å². The van der Waals surface area contributed by atoms with E-state index in [4.69, 9.17) is 11.6 Å². The zero-order valence-corrected chi connectivity index (χ0v) is 12.4. The van der Waals surface area contributed by atoms with Crippen molar-refractivity contribution in [3.05, 3.63) is 64.2 Å². The van der Waals surface area contributed by atoms with Crippen LogP contribution in [0.15, 0.2) is 42.5 Å². The topological polar surface area (TPSA) is 12.0 Å². The molecule has 1 N–H and O–H groups in total. The first-order valence-corrected chi connectivity index (χ1v) is 6.85. The summed E-state index contributed by atoms with van der Waals surface area (Å²) in [6, 6.07) is 10.7. The first kappa shape index (κ1) is 15.7. The molecule has 21 heavy (non-hydrogen) atoms. The highest BCUT2D eigenvalue weighted by Gasteiger charge is 2.30. The van der Waals surface area contributed by atoms with Gasteiger partial charge in [0.15, 0.2) is 0 Å². The number of halogens is 4. The van der Waals surface area contributed by atoms with Crippen LogP contribution < -0.4 is 5.32 Å². The highest BCUT2D eigenvalue weighted by Crippen LogP contribution is 2.33. The molecule has 112 valence electrons. The molecule has 2 aromatic rings. The summed E-state index contributed by atoms with van der Waals surface area (Å²) in [4.78, 5) is 0. The number of hydrogen-bond acceptors (Lipinski definition) is 1. The fourth-order valence-electron chi connectivity index (χ4n) is 2.09. The Morgan fingerprint density at radius 3 is 2.38 bits per heavy atom. The summed E-state index contributed by atoms with van der Waals surface area (Å²) in [6.45, 7) is 3.63. The monoisotopic (exact) mass is 313 g/mol. The molecule has 1 atom stereocenters. The number of nitrogens with one attached hydrogen (secondary N) is 1. The number of hydrogen-bond donors (Lipinski definition) is 1. The predicted molar refractivity (Wildman–Crippen MR) is 79.7 cm³/mol. The third-order valence-electron chi connectivity index (χ3n) is 3.31. The third-order valence-corrected chi connectivity index (χ3v) is 3.65. The van der Waals surface area contributed by atoms with Gasteiger partial charge in [0, 0.05) is 16.8 Å². The van der Waals surface area contributed by atoms with Gasteiger partial charge < -0.3 is 5.32 Å². The maximum absolute atomic E-state index is 12.8. The minimum absolute atomic E-state index is 0.194. The molecule has 0 aliphatic rings. The molecular formula is C16H15ClF3N. The van der Waals surface area contributed by atoms with Crippen LogP contribution in [-0.2, 0) is 6.18 Å². The van der Waals surface area contributed by atoms with Crippen molar-refractivity contribution in [1.29, 1.82) is 0 Å². The highest BCUT2D eigenvalue weighted by atomic mass is 35.5. The second kappa shape index (κ2) is 5.98. The van der Waals surface area contributed by atoms with Crippen molar-refractivity contribution in [1.82, 2.24) is 0 Å². The van der Waals surface area contributed by atoms with Crippen molar-refractivity contribution in [2.75, 3.05) is 5.32 Å². The third kappa shape index (κ3) is 3.70. The molecule has 0 saturated heterocycles. The van der Waals surface area contributed by atoms with E-state index in [0.717, 1.165) is 23.3 Å². The largest absolute Gasteiger partial charge is 0.416 e. The first-order valence-electron chi connectivity index (χ1n) is 6.48. The van der Waals surface area contributed by atoms with Gasteiger partial charge >= 0.3 is 6.18 Å². The average molecular weight is 314 g/mol. The van der Waals surface area contributed by atoms with Crippen molar-refractivity contribution in [3.8, 4) is 0 Å². The number of rotatable bonds is 3. The van der Waals surface area contributed by atoms with Crippen LogP contribution in [0.25, 0.3) is 0 Å². The molecule has 5 heteroatoms. The van der Waals surface area contributed by atoms with Crippen LogP contribution in [0.4, 0.5) is 18.9 Å². The second-order valence-corrected chi connectivity index (χ2v) is 5.32. The van der Waals surface area contributed by atoms with Gasteiger partial charge in [-0.2, -0.15) is 13.2 Å². The van der Waals surface area contributed by atoms with Gasteiger partial charge in [0.2, 0.25) is 0 Å². The lowest BCUT2D eigenvalue weighted by Crippen LogP contribution is -2.11. The average Bonchev–Trinajstić information content (AvgIpc) is 2.40. The Balaban J connectivity index is 2.29. The summed E-state index contributed by atoms with van der Waals surface area (Å²) in [5.74, 6) is 0. The Kier molecular flexibility index (Phi) is 4.47. The molecule has 0 aromatic heterocycles. The Hall–Kier alpha value is -1.68. The quantitative estimate of drug-likeness (QED) is 0.750. The Morgan fingerprint density at radius 2 is 1.76 bits per heavy atom.